The summed E-state index contributed by atoms with van der Waals surface area (Å²) in [6.45, 7) is 0.885. The SMILES string of the molecule is COCCNC(C(=O)OC)c1ccc(F)cc1Cl. The number of esters is 1. The summed E-state index contributed by atoms with van der Waals surface area (Å²) in [5.41, 5.74) is 0.473. The highest BCUT2D eigenvalue weighted by molar-refractivity contribution is 6.31. The normalized spacial score (nSPS) is 12.2. The first-order chi connectivity index (χ1) is 8.60. The molecule has 1 aromatic rings. The number of ether oxygens (including phenoxy) is 2. The van der Waals surface area contributed by atoms with E-state index in [0.29, 0.717) is 18.7 Å². The summed E-state index contributed by atoms with van der Waals surface area (Å²) >= 11 is 5.92. The van der Waals surface area contributed by atoms with E-state index in [-0.39, 0.29) is 5.02 Å². The number of carbonyl (C=O) groups excluding carboxylic acids is 1. The molecule has 6 heteroatoms. The maximum atomic E-state index is 13.0. The van der Waals surface area contributed by atoms with Crippen molar-refractivity contribution >= 4 is 17.6 Å². The van der Waals surface area contributed by atoms with Gasteiger partial charge in [-0.2, -0.15) is 0 Å². The van der Waals surface area contributed by atoms with E-state index in [1.165, 1.54) is 19.2 Å². The lowest BCUT2D eigenvalue weighted by atomic mass is 10.1. The highest BCUT2D eigenvalue weighted by Crippen LogP contribution is 2.24. The molecule has 0 heterocycles. The molecule has 0 aliphatic heterocycles. The Morgan fingerprint density at radius 3 is 2.78 bits per heavy atom. The molecule has 0 radical (unpaired) electrons. The molecule has 1 unspecified atom stereocenters. The fourth-order valence-corrected chi connectivity index (χ4v) is 1.76. The predicted octanol–water partition coefficient (Wildman–Crippen LogP) is 1.93. The van der Waals surface area contributed by atoms with E-state index in [9.17, 15) is 9.18 Å². The molecule has 0 aliphatic rings. The lowest BCUT2D eigenvalue weighted by molar-refractivity contribution is -0.143. The Balaban J connectivity index is 2.90. The first kappa shape index (κ1) is 14.9. The van der Waals surface area contributed by atoms with E-state index in [4.69, 9.17) is 16.3 Å². The molecule has 1 N–H and O–H groups in total. The molecule has 1 rings (SSSR count). The van der Waals surface area contributed by atoms with Gasteiger partial charge in [0.1, 0.15) is 11.9 Å². The molecule has 0 aromatic heterocycles. The molecule has 4 nitrogen and oxygen atoms in total. The summed E-state index contributed by atoms with van der Waals surface area (Å²) in [5.74, 6) is -0.941. The average molecular weight is 276 g/mol. The van der Waals surface area contributed by atoms with Gasteiger partial charge in [-0.1, -0.05) is 17.7 Å². The first-order valence-corrected chi connectivity index (χ1v) is 5.73. The summed E-state index contributed by atoms with van der Waals surface area (Å²) in [5, 5.41) is 3.12. The van der Waals surface area contributed by atoms with E-state index < -0.39 is 17.8 Å². The Morgan fingerprint density at radius 1 is 1.50 bits per heavy atom. The topological polar surface area (TPSA) is 47.6 Å². The van der Waals surface area contributed by atoms with Crippen LogP contribution in [0.4, 0.5) is 4.39 Å². The van der Waals surface area contributed by atoms with Gasteiger partial charge in [-0.05, 0) is 17.7 Å². The van der Waals surface area contributed by atoms with Crippen molar-refractivity contribution in [2.24, 2.45) is 0 Å². The van der Waals surface area contributed by atoms with Crippen molar-refractivity contribution in [2.75, 3.05) is 27.4 Å². The lowest BCUT2D eigenvalue weighted by Gasteiger charge is -2.17. The van der Waals surface area contributed by atoms with Crippen molar-refractivity contribution in [2.45, 2.75) is 6.04 Å². The van der Waals surface area contributed by atoms with Crippen molar-refractivity contribution in [3.05, 3.63) is 34.6 Å². The second-order valence-corrected chi connectivity index (χ2v) is 3.98. The second kappa shape index (κ2) is 7.31. The van der Waals surface area contributed by atoms with Gasteiger partial charge in [0.25, 0.3) is 0 Å². The van der Waals surface area contributed by atoms with Crippen molar-refractivity contribution in [3.63, 3.8) is 0 Å². The van der Waals surface area contributed by atoms with Crippen LogP contribution in [0.25, 0.3) is 0 Å². The van der Waals surface area contributed by atoms with E-state index in [0.717, 1.165) is 6.07 Å². The zero-order chi connectivity index (χ0) is 13.5. The number of halogens is 2. The third kappa shape index (κ3) is 3.94. The summed E-state index contributed by atoms with van der Waals surface area (Å²) in [6.07, 6.45) is 0. The molecule has 0 fully saturated rings. The summed E-state index contributed by atoms with van der Waals surface area (Å²) in [7, 11) is 2.84. The number of nitrogens with one attached hydrogen (secondary N) is 1. The van der Waals surface area contributed by atoms with Crippen LogP contribution in [0.5, 0.6) is 0 Å². The fourth-order valence-electron chi connectivity index (χ4n) is 1.48. The first-order valence-electron chi connectivity index (χ1n) is 5.35. The highest BCUT2D eigenvalue weighted by atomic mass is 35.5. The molecule has 0 bridgehead atoms. The maximum absolute atomic E-state index is 13.0. The van der Waals surface area contributed by atoms with Gasteiger partial charge in [0.2, 0.25) is 0 Å². The van der Waals surface area contributed by atoms with Crippen molar-refractivity contribution < 1.29 is 18.7 Å². The Morgan fingerprint density at radius 2 is 2.22 bits per heavy atom. The summed E-state index contributed by atoms with van der Waals surface area (Å²) in [4.78, 5) is 11.7. The zero-order valence-electron chi connectivity index (χ0n) is 10.2. The lowest BCUT2D eigenvalue weighted by Crippen LogP contribution is -2.32. The van der Waals surface area contributed by atoms with Gasteiger partial charge in [0.15, 0.2) is 0 Å². The minimum absolute atomic E-state index is 0.176. The maximum Gasteiger partial charge on any atom is 0.327 e. The minimum Gasteiger partial charge on any atom is -0.468 e. The quantitative estimate of drug-likeness (QED) is 0.637. The molecular weight excluding hydrogens is 261 g/mol. The monoisotopic (exact) mass is 275 g/mol. The van der Waals surface area contributed by atoms with Crippen molar-refractivity contribution in [1.29, 1.82) is 0 Å². The van der Waals surface area contributed by atoms with Crippen LogP contribution in [-0.4, -0.2) is 33.3 Å². The molecule has 0 saturated heterocycles. The Kier molecular flexibility index (Phi) is 6.04. The van der Waals surface area contributed by atoms with Crippen LogP contribution in [0.2, 0.25) is 5.02 Å². The van der Waals surface area contributed by atoms with Crippen LogP contribution < -0.4 is 5.32 Å². The number of carbonyl (C=O) groups is 1. The van der Waals surface area contributed by atoms with Crippen LogP contribution in [0.3, 0.4) is 0 Å². The fraction of sp³-hybridized carbons (Fsp3) is 0.417. The Bertz CT molecular complexity index is 414. The van der Waals surface area contributed by atoms with Gasteiger partial charge in [-0.15, -0.1) is 0 Å². The standard InChI is InChI=1S/C12H15ClFNO3/c1-17-6-5-15-11(12(16)18-2)9-4-3-8(14)7-10(9)13/h3-4,7,11,15H,5-6H2,1-2H3. The van der Waals surface area contributed by atoms with Gasteiger partial charge in [-0.3, -0.25) is 5.32 Å². The van der Waals surface area contributed by atoms with Gasteiger partial charge in [-0.25, -0.2) is 9.18 Å². The number of hydrogen-bond acceptors (Lipinski definition) is 4. The molecule has 0 aliphatic carbocycles. The van der Waals surface area contributed by atoms with E-state index in [2.05, 4.69) is 10.1 Å². The number of hydrogen-bond donors (Lipinski definition) is 1. The zero-order valence-corrected chi connectivity index (χ0v) is 11.0. The average Bonchev–Trinajstić information content (AvgIpc) is 2.35. The van der Waals surface area contributed by atoms with Crippen LogP contribution in [-0.2, 0) is 14.3 Å². The molecule has 1 atom stereocenters. The van der Waals surface area contributed by atoms with Crippen LogP contribution in [0.15, 0.2) is 18.2 Å². The number of methoxy groups -OCH3 is 2. The number of rotatable bonds is 6. The van der Waals surface area contributed by atoms with Crippen LogP contribution in [0.1, 0.15) is 11.6 Å². The molecule has 18 heavy (non-hydrogen) atoms. The molecule has 100 valence electrons. The highest BCUT2D eigenvalue weighted by Gasteiger charge is 2.23. The van der Waals surface area contributed by atoms with Crippen LogP contribution >= 0.6 is 11.6 Å². The minimum atomic E-state index is -0.738. The molecular formula is C12H15ClFNO3. The number of benzene rings is 1. The summed E-state index contributed by atoms with van der Waals surface area (Å²) < 4.78 is 22.5. The largest absolute Gasteiger partial charge is 0.468 e. The third-order valence-corrected chi connectivity index (χ3v) is 2.69. The predicted molar refractivity (Wildman–Crippen MR) is 66.0 cm³/mol. The Labute approximate surface area is 110 Å². The van der Waals surface area contributed by atoms with Crippen molar-refractivity contribution in [3.8, 4) is 0 Å². The Hall–Kier alpha value is -1.17. The molecule has 0 amide bonds. The van der Waals surface area contributed by atoms with Gasteiger partial charge < -0.3 is 9.47 Å². The van der Waals surface area contributed by atoms with E-state index >= 15 is 0 Å². The van der Waals surface area contributed by atoms with Gasteiger partial charge in [0, 0.05) is 18.7 Å². The van der Waals surface area contributed by atoms with Crippen molar-refractivity contribution in [1.82, 2.24) is 5.32 Å². The van der Waals surface area contributed by atoms with E-state index in [1.807, 2.05) is 0 Å². The molecule has 1 aromatic carbocycles. The molecule has 0 saturated carbocycles. The molecule has 0 spiro atoms. The smallest absolute Gasteiger partial charge is 0.327 e. The van der Waals surface area contributed by atoms with Gasteiger partial charge in [0.05, 0.1) is 13.7 Å². The summed E-state index contributed by atoms with van der Waals surface area (Å²) in [6, 6.07) is 3.12. The third-order valence-electron chi connectivity index (χ3n) is 2.37. The van der Waals surface area contributed by atoms with Gasteiger partial charge >= 0.3 is 5.97 Å². The van der Waals surface area contributed by atoms with Crippen LogP contribution in [0, 0.1) is 5.82 Å². The van der Waals surface area contributed by atoms with E-state index in [1.54, 1.807) is 7.11 Å². The second-order valence-electron chi connectivity index (χ2n) is 3.57.